The van der Waals surface area contributed by atoms with Crippen LogP contribution in [-0.2, 0) is 6.42 Å². The summed E-state index contributed by atoms with van der Waals surface area (Å²) in [7, 11) is 0. The van der Waals surface area contributed by atoms with Crippen molar-refractivity contribution in [2.24, 2.45) is 5.92 Å². The molecule has 1 fully saturated rings. The molecule has 94 valence electrons. The van der Waals surface area contributed by atoms with Crippen molar-refractivity contribution in [2.75, 3.05) is 19.6 Å². The fraction of sp³-hybridized carbons (Fsp3) is 0.727. The fourth-order valence-electron chi connectivity index (χ4n) is 2.07. The van der Waals surface area contributed by atoms with E-state index in [9.17, 15) is 4.79 Å². The molecule has 1 N–H and O–H groups in total. The Morgan fingerprint density at radius 2 is 2.59 bits per heavy atom. The first kappa shape index (κ1) is 11.9. The summed E-state index contributed by atoms with van der Waals surface area (Å²) in [6.45, 7) is 4.44. The highest BCUT2D eigenvalue weighted by Gasteiger charge is 2.20. The first-order chi connectivity index (χ1) is 8.25. The van der Waals surface area contributed by atoms with Crippen LogP contribution in [0.2, 0.25) is 0 Å². The zero-order valence-corrected chi connectivity index (χ0v) is 10.1. The van der Waals surface area contributed by atoms with Crippen LogP contribution in [0.3, 0.4) is 0 Å². The smallest absolute Gasteiger partial charge is 0.317 e. The third kappa shape index (κ3) is 3.44. The number of likely N-dealkylation sites (tertiary alicyclic amines) is 1. The molecule has 0 spiro atoms. The minimum absolute atomic E-state index is 0.0139. The van der Waals surface area contributed by atoms with Crippen LogP contribution in [0, 0.1) is 5.92 Å². The number of aromatic nitrogens is 2. The molecule has 0 saturated carbocycles. The number of hydrogen-bond donors (Lipinski definition) is 1. The van der Waals surface area contributed by atoms with Gasteiger partial charge in [0.05, 0.1) is 0 Å². The standard InChI is InChI=1S/C11H18N4O2/c1-9-3-2-6-15(7-9)11(16)12-5-4-10-13-8-17-14-10/h8-9H,2-7H2,1H3,(H,12,16). The van der Waals surface area contributed by atoms with Gasteiger partial charge in [-0.1, -0.05) is 12.1 Å². The summed E-state index contributed by atoms with van der Waals surface area (Å²) in [6.07, 6.45) is 4.21. The van der Waals surface area contributed by atoms with Gasteiger partial charge in [0.25, 0.3) is 0 Å². The molecule has 0 bridgehead atoms. The topological polar surface area (TPSA) is 71.3 Å². The first-order valence-electron chi connectivity index (χ1n) is 6.03. The molecule has 1 aromatic heterocycles. The number of rotatable bonds is 3. The Bertz CT molecular complexity index is 352. The SMILES string of the molecule is CC1CCCN(C(=O)NCCc2ncon2)C1. The van der Waals surface area contributed by atoms with Crippen LogP contribution in [0.25, 0.3) is 0 Å². The average molecular weight is 238 g/mol. The number of carbonyl (C=O) groups is 1. The summed E-state index contributed by atoms with van der Waals surface area (Å²) >= 11 is 0. The lowest BCUT2D eigenvalue weighted by Gasteiger charge is -2.30. The van der Waals surface area contributed by atoms with Gasteiger partial charge in [0.2, 0.25) is 6.39 Å². The van der Waals surface area contributed by atoms with Gasteiger partial charge in [0.1, 0.15) is 0 Å². The molecule has 0 aromatic carbocycles. The molecular formula is C11H18N4O2. The minimum atomic E-state index is 0.0139. The molecule has 1 atom stereocenters. The summed E-state index contributed by atoms with van der Waals surface area (Å²) < 4.78 is 4.62. The van der Waals surface area contributed by atoms with E-state index in [2.05, 4.69) is 26.9 Å². The predicted octanol–water partition coefficient (Wildman–Crippen LogP) is 1.05. The molecule has 0 aliphatic carbocycles. The summed E-state index contributed by atoms with van der Waals surface area (Å²) in [5.74, 6) is 1.23. The van der Waals surface area contributed by atoms with Crippen LogP contribution < -0.4 is 5.32 Å². The Hall–Kier alpha value is -1.59. The lowest BCUT2D eigenvalue weighted by atomic mass is 10.0. The van der Waals surface area contributed by atoms with E-state index in [1.165, 1.54) is 12.8 Å². The molecule has 1 unspecified atom stereocenters. The number of nitrogens with zero attached hydrogens (tertiary/aromatic N) is 3. The van der Waals surface area contributed by atoms with Gasteiger partial charge in [-0.15, -0.1) is 0 Å². The van der Waals surface area contributed by atoms with E-state index < -0.39 is 0 Å². The maximum atomic E-state index is 11.8. The highest BCUT2D eigenvalue weighted by molar-refractivity contribution is 5.74. The number of nitrogens with one attached hydrogen (secondary N) is 1. The summed E-state index contributed by atoms with van der Waals surface area (Å²) in [6, 6.07) is 0.0139. The highest BCUT2D eigenvalue weighted by Crippen LogP contribution is 2.15. The molecule has 6 nitrogen and oxygen atoms in total. The molecule has 6 heteroatoms. The molecule has 1 aliphatic heterocycles. The Balaban J connectivity index is 1.70. The van der Waals surface area contributed by atoms with Gasteiger partial charge in [-0.2, -0.15) is 4.98 Å². The number of carbonyl (C=O) groups excluding carboxylic acids is 1. The Morgan fingerprint density at radius 1 is 1.71 bits per heavy atom. The molecule has 1 aromatic rings. The van der Waals surface area contributed by atoms with Gasteiger partial charge in [0.15, 0.2) is 5.82 Å². The number of amides is 2. The third-order valence-electron chi connectivity index (χ3n) is 2.98. The maximum Gasteiger partial charge on any atom is 0.317 e. The monoisotopic (exact) mass is 238 g/mol. The van der Waals surface area contributed by atoms with Gasteiger partial charge in [-0.25, -0.2) is 4.79 Å². The Kier molecular flexibility index (Phi) is 3.95. The zero-order valence-electron chi connectivity index (χ0n) is 10.1. The van der Waals surface area contributed by atoms with Gasteiger partial charge in [0, 0.05) is 26.1 Å². The second-order valence-corrected chi connectivity index (χ2v) is 4.52. The number of piperidine rings is 1. The average Bonchev–Trinajstić information content (AvgIpc) is 2.82. The molecule has 1 saturated heterocycles. The van der Waals surface area contributed by atoms with Gasteiger partial charge in [-0.05, 0) is 18.8 Å². The van der Waals surface area contributed by atoms with Crippen molar-refractivity contribution in [3.63, 3.8) is 0 Å². The molecule has 0 radical (unpaired) electrons. The molecular weight excluding hydrogens is 220 g/mol. The highest BCUT2D eigenvalue weighted by atomic mass is 16.5. The van der Waals surface area contributed by atoms with Crippen molar-refractivity contribution in [1.82, 2.24) is 20.4 Å². The summed E-state index contributed by atoms with van der Waals surface area (Å²) in [5, 5.41) is 6.56. The van der Waals surface area contributed by atoms with Crippen LogP contribution in [0.1, 0.15) is 25.6 Å². The van der Waals surface area contributed by atoms with Gasteiger partial charge < -0.3 is 14.7 Å². The van der Waals surface area contributed by atoms with E-state index in [0.29, 0.717) is 24.7 Å². The largest absolute Gasteiger partial charge is 0.343 e. The van der Waals surface area contributed by atoms with Crippen LogP contribution in [-0.4, -0.2) is 40.7 Å². The molecule has 2 rings (SSSR count). The second-order valence-electron chi connectivity index (χ2n) is 4.52. The minimum Gasteiger partial charge on any atom is -0.343 e. The van der Waals surface area contributed by atoms with E-state index in [4.69, 9.17) is 0 Å². The predicted molar refractivity (Wildman–Crippen MR) is 61.4 cm³/mol. The normalized spacial score (nSPS) is 20.3. The van der Waals surface area contributed by atoms with E-state index in [1.54, 1.807) is 0 Å². The van der Waals surface area contributed by atoms with E-state index in [0.717, 1.165) is 19.5 Å². The van der Waals surface area contributed by atoms with Crippen molar-refractivity contribution in [2.45, 2.75) is 26.2 Å². The van der Waals surface area contributed by atoms with Crippen LogP contribution >= 0.6 is 0 Å². The lowest BCUT2D eigenvalue weighted by molar-refractivity contribution is 0.170. The molecule has 2 heterocycles. The Labute approximate surface area is 100 Å². The van der Waals surface area contributed by atoms with E-state index in [-0.39, 0.29) is 6.03 Å². The van der Waals surface area contributed by atoms with E-state index in [1.807, 2.05) is 4.90 Å². The van der Waals surface area contributed by atoms with Crippen LogP contribution in [0.5, 0.6) is 0 Å². The second kappa shape index (κ2) is 5.65. The zero-order chi connectivity index (χ0) is 12.1. The summed E-state index contributed by atoms with van der Waals surface area (Å²) in [4.78, 5) is 17.6. The maximum absolute atomic E-state index is 11.8. The molecule has 1 aliphatic rings. The van der Waals surface area contributed by atoms with Crippen LogP contribution in [0.15, 0.2) is 10.9 Å². The first-order valence-corrected chi connectivity index (χ1v) is 6.03. The van der Waals surface area contributed by atoms with Crippen molar-refractivity contribution in [3.05, 3.63) is 12.2 Å². The quantitative estimate of drug-likeness (QED) is 0.854. The molecule has 17 heavy (non-hydrogen) atoms. The van der Waals surface area contributed by atoms with Crippen molar-refractivity contribution in [1.29, 1.82) is 0 Å². The lowest BCUT2D eigenvalue weighted by Crippen LogP contribution is -2.45. The van der Waals surface area contributed by atoms with Crippen molar-refractivity contribution >= 4 is 6.03 Å². The van der Waals surface area contributed by atoms with Crippen molar-refractivity contribution in [3.8, 4) is 0 Å². The fourth-order valence-corrected chi connectivity index (χ4v) is 2.07. The Morgan fingerprint density at radius 3 is 3.29 bits per heavy atom. The van der Waals surface area contributed by atoms with Gasteiger partial charge >= 0.3 is 6.03 Å². The number of urea groups is 1. The third-order valence-corrected chi connectivity index (χ3v) is 2.98. The summed E-state index contributed by atoms with van der Waals surface area (Å²) in [5.41, 5.74) is 0. The van der Waals surface area contributed by atoms with E-state index >= 15 is 0 Å². The molecule has 2 amide bonds. The van der Waals surface area contributed by atoms with Crippen LogP contribution in [0.4, 0.5) is 4.79 Å². The number of hydrogen-bond acceptors (Lipinski definition) is 4. The van der Waals surface area contributed by atoms with Crippen molar-refractivity contribution < 1.29 is 9.32 Å². The van der Waals surface area contributed by atoms with Gasteiger partial charge in [-0.3, -0.25) is 0 Å².